The maximum Gasteiger partial charge on any atom is 0.258 e. The summed E-state index contributed by atoms with van der Waals surface area (Å²) >= 11 is 1.66. The number of thiophene rings is 1. The van der Waals surface area contributed by atoms with Gasteiger partial charge in [0, 0.05) is 6.54 Å². The van der Waals surface area contributed by atoms with Crippen LogP contribution in [0, 0.1) is 5.82 Å². The molecular weight excluding hydrogens is 327 g/mol. The van der Waals surface area contributed by atoms with Gasteiger partial charge >= 0.3 is 0 Å². The maximum atomic E-state index is 13.5. The third kappa shape index (κ3) is 4.33. The van der Waals surface area contributed by atoms with Gasteiger partial charge in [-0.25, -0.2) is 4.39 Å². The van der Waals surface area contributed by atoms with Gasteiger partial charge in [0.2, 0.25) is 0 Å². The lowest BCUT2D eigenvalue weighted by Gasteiger charge is -2.27. The molecule has 2 heterocycles. The van der Waals surface area contributed by atoms with Gasteiger partial charge in [0.05, 0.1) is 6.04 Å². The number of hydrogen-bond acceptors (Lipinski definition) is 4. The fourth-order valence-electron chi connectivity index (χ4n) is 2.94. The summed E-state index contributed by atoms with van der Waals surface area (Å²) in [5.74, 6) is -0.599. The summed E-state index contributed by atoms with van der Waals surface area (Å²) in [6.45, 7) is 2.47. The summed E-state index contributed by atoms with van der Waals surface area (Å²) < 4.78 is 18.7. The standard InChI is InChI=1S/C18H21FN2O2S/c19-15-5-1-2-6-17(15)23-12-18(22)20-11-16(14-7-10-24-13-14)21-8-3-4-9-21/h1-2,5-7,10,13,16H,3-4,8-9,11-12H2,(H,20,22). The van der Waals surface area contributed by atoms with Gasteiger partial charge in [-0.3, -0.25) is 9.69 Å². The first-order valence-electron chi connectivity index (χ1n) is 8.14. The van der Waals surface area contributed by atoms with Gasteiger partial charge in [-0.15, -0.1) is 0 Å². The Morgan fingerprint density at radius 2 is 2.08 bits per heavy atom. The topological polar surface area (TPSA) is 41.6 Å². The number of para-hydroxylation sites is 1. The lowest BCUT2D eigenvalue weighted by molar-refractivity contribution is -0.123. The number of hydrogen-bond donors (Lipinski definition) is 1. The Balaban J connectivity index is 1.52. The molecule has 1 aromatic heterocycles. The van der Waals surface area contributed by atoms with Crippen LogP contribution in [0.2, 0.25) is 0 Å². The molecule has 0 bridgehead atoms. The SMILES string of the molecule is O=C(COc1ccccc1F)NCC(c1ccsc1)N1CCCC1. The molecule has 1 aliphatic rings. The van der Waals surface area contributed by atoms with E-state index in [1.807, 2.05) is 0 Å². The highest BCUT2D eigenvalue weighted by Gasteiger charge is 2.24. The van der Waals surface area contributed by atoms with Crippen LogP contribution >= 0.6 is 11.3 Å². The van der Waals surface area contributed by atoms with Crippen LogP contribution in [-0.4, -0.2) is 37.0 Å². The first-order valence-corrected chi connectivity index (χ1v) is 9.08. The van der Waals surface area contributed by atoms with Gasteiger partial charge in [0.25, 0.3) is 5.91 Å². The number of halogens is 1. The second kappa shape index (κ2) is 8.26. The van der Waals surface area contributed by atoms with Gasteiger partial charge in [-0.2, -0.15) is 11.3 Å². The highest BCUT2D eigenvalue weighted by molar-refractivity contribution is 7.07. The average molecular weight is 348 g/mol. The van der Waals surface area contributed by atoms with E-state index in [4.69, 9.17) is 4.74 Å². The zero-order chi connectivity index (χ0) is 16.8. The molecule has 1 N–H and O–H groups in total. The van der Waals surface area contributed by atoms with Crippen molar-refractivity contribution in [3.05, 3.63) is 52.5 Å². The van der Waals surface area contributed by atoms with E-state index in [0.717, 1.165) is 13.1 Å². The molecule has 1 unspecified atom stereocenters. The highest BCUT2D eigenvalue weighted by atomic mass is 32.1. The largest absolute Gasteiger partial charge is 0.481 e. The fraction of sp³-hybridized carbons (Fsp3) is 0.389. The molecule has 0 spiro atoms. The van der Waals surface area contributed by atoms with Crippen LogP contribution in [0.15, 0.2) is 41.1 Å². The van der Waals surface area contributed by atoms with E-state index in [1.165, 1.54) is 30.5 Å². The van der Waals surface area contributed by atoms with Gasteiger partial charge in [-0.05, 0) is 60.5 Å². The normalized spacial score (nSPS) is 16.0. The van der Waals surface area contributed by atoms with E-state index in [1.54, 1.807) is 23.5 Å². The van der Waals surface area contributed by atoms with Crippen molar-refractivity contribution in [2.24, 2.45) is 0 Å². The monoisotopic (exact) mass is 348 g/mol. The molecular formula is C18H21FN2O2S. The minimum absolute atomic E-state index is 0.0987. The summed E-state index contributed by atoms with van der Waals surface area (Å²) in [6.07, 6.45) is 2.40. The molecule has 1 saturated heterocycles. The van der Waals surface area contributed by atoms with Crippen LogP contribution in [-0.2, 0) is 4.79 Å². The van der Waals surface area contributed by atoms with Gasteiger partial charge in [-0.1, -0.05) is 12.1 Å². The van der Waals surface area contributed by atoms with Crippen LogP contribution in [0.3, 0.4) is 0 Å². The van der Waals surface area contributed by atoms with Crippen molar-refractivity contribution < 1.29 is 13.9 Å². The predicted octanol–water partition coefficient (Wildman–Crippen LogP) is 3.22. The molecule has 3 rings (SSSR count). The summed E-state index contributed by atoms with van der Waals surface area (Å²) in [7, 11) is 0. The molecule has 2 aromatic rings. The van der Waals surface area contributed by atoms with E-state index >= 15 is 0 Å². The van der Waals surface area contributed by atoms with Crippen LogP contribution in [0.25, 0.3) is 0 Å². The number of carbonyl (C=O) groups is 1. The van der Waals surface area contributed by atoms with Crippen LogP contribution < -0.4 is 10.1 Å². The van der Waals surface area contributed by atoms with Crippen molar-refractivity contribution in [3.8, 4) is 5.75 Å². The Bertz CT molecular complexity index is 657. The number of nitrogens with zero attached hydrogens (tertiary/aromatic N) is 1. The van der Waals surface area contributed by atoms with E-state index in [2.05, 4.69) is 27.0 Å². The number of rotatable bonds is 7. The lowest BCUT2D eigenvalue weighted by atomic mass is 10.1. The van der Waals surface area contributed by atoms with Crippen molar-refractivity contribution in [1.29, 1.82) is 0 Å². The van der Waals surface area contributed by atoms with Crippen molar-refractivity contribution in [2.75, 3.05) is 26.2 Å². The average Bonchev–Trinajstić information content (AvgIpc) is 3.28. The number of carbonyl (C=O) groups excluding carboxylic acids is 1. The zero-order valence-corrected chi connectivity index (χ0v) is 14.2. The highest BCUT2D eigenvalue weighted by Crippen LogP contribution is 2.26. The quantitative estimate of drug-likeness (QED) is 0.835. The third-order valence-electron chi connectivity index (χ3n) is 4.20. The van der Waals surface area contributed by atoms with Gasteiger partial charge in [0.1, 0.15) is 0 Å². The van der Waals surface area contributed by atoms with E-state index < -0.39 is 5.82 Å². The number of ether oxygens (including phenoxy) is 1. The maximum absolute atomic E-state index is 13.5. The molecule has 1 fully saturated rings. The molecule has 128 valence electrons. The minimum atomic E-state index is -0.460. The lowest BCUT2D eigenvalue weighted by Crippen LogP contribution is -2.38. The number of amides is 1. The zero-order valence-electron chi connectivity index (χ0n) is 13.4. The molecule has 0 aliphatic carbocycles. The molecule has 0 radical (unpaired) electrons. The summed E-state index contributed by atoms with van der Waals surface area (Å²) in [4.78, 5) is 14.4. The molecule has 0 saturated carbocycles. The van der Waals surface area contributed by atoms with E-state index in [0.29, 0.717) is 6.54 Å². The Morgan fingerprint density at radius 1 is 1.29 bits per heavy atom. The Morgan fingerprint density at radius 3 is 2.79 bits per heavy atom. The first-order chi connectivity index (χ1) is 11.7. The molecule has 1 amide bonds. The number of likely N-dealkylation sites (tertiary alicyclic amines) is 1. The van der Waals surface area contributed by atoms with Gasteiger partial charge < -0.3 is 10.1 Å². The van der Waals surface area contributed by atoms with Crippen LogP contribution in [0.1, 0.15) is 24.4 Å². The molecule has 4 nitrogen and oxygen atoms in total. The number of benzene rings is 1. The van der Waals surface area contributed by atoms with Crippen molar-refractivity contribution in [3.63, 3.8) is 0 Å². The third-order valence-corrected chi connectivity index (χ3v) is 4.90. The predicted molar refractivity (Wildman–Crippen MR) is 92.8 cm³/mol. The first kappa shape index (κ1) is 16.9. The second-order valence-electron chi connectivity index (χ2n) is 5.84. The summed E-state index contributed by atoms with van der Waals surface area (Å²) in [5, 5.41) is 7.10. The van der Waals surface area contributed by atoms with E-state index in [-0.39, 0.29) is 24.3 Å². The van der Waals surface area contributed by atoms with Crippen LogP contribution in [0.5, 0.6) is 5.75 Å². The molecule has 6 heteroatoms. The second-order valence-corrected chi connectivity index (χ2v) is 6.62. The van der Waals surface area contributed by atoms with Crippen molar-refractivity contribution >= 4 is 17.2 Å². The minimum Gasteiger partial charge on any atom is -0.481 e. The van der Waals surface area contributed by atoms with Crippen LogP contribution in [0.4, 0.5) is 4.39 Å². The van der Waals surface area contributed by atoms with Crippen molar-refractivity contribution in [1.82, 2.24) is 10.2 Å². The fourth-order valence-corrected chi connectivity index (χ4v) is 3.65. The Labute approximate surface area is 145 Å². The molecule has 1 atom stereocenters. The molecule has 1 aliphatic heterocycles. The number of nitrogens with one attached hydrogen (secondary N) is 1. The molecule has 24 heavy (non-hydrogen) atoms. The Hall–Kier alpha value is -1.92. The smallest absolute Gasteiger partial charge is 0.258 e. The van der Waals surface area contributed by atoms with Crippen molar-refractivity contribution in [2.45, 2.75) is 18.9 Å². The van der Waals surface area contributed by atoms with Gasteiger partial charge in [0.15, 0.2) is 18.2 Å². The summed E-state index contributed by atoms with van der Waals surface area (Å²) in [5.41, 5.74) is 1.23. The Kier molecular flexibility index (Phi) is 5.82. The summed E-state index contributed by atoms with van der Waals surface area (Å²) in [6, 6.07) is 8.39. The van der Waals surface area contributed by atoms with E-state index in [9.17, 15) is 9.18 Å². The molecule has 1 aromatic carbocycles.